The summed E-state index contributed by atoms with van der Waals surface area (Å²) in [5.41, 5.74) is 7.59. The Balaban J connectivity index is 0.000000285. The zero-order valence-electron chi connectivity index (χ0n) is 30.5. The summed E-state index contributed by atoms with van der Waals surface area (Å²) in [7, 11) is 0. The second kappa shape index (κ2) is 21.3. The van der Waals surface area contributed by atoms with Crippen LogP contribution in [0.15, 0.2) is 90.4 Å². The third kappa shape index (κ3) is 11.7. The van der Waals surface area contributed by atoms with Crippen LogP contribution in [-0.4, -0.2) is 61.6 Å². The van der Waals surface area contributed by atoms with Crippen molar-refractivity contribution in [3.8, 4) is 22.8 Å². The van der Waals surface area contributed by atoms with Crippen LogP contribution in [-0.2, 0) is 26.0 Å². The van der Waals surface area contributed by atoms with Crippen molar-refractivity contribution in [2.24, 2.45) is 0 Å². The van der Waals surface area contributed by atoms with E-state index in [0.29, 0.717) is 19.6 Å². The second-order valence-electron chi connectivity index (χ2n) is 12.2. The van der Waals surface area contributed by atoms with E-state index in [1.54, 1.807) is 6.92 Å². The Hall–Kier alpha value is -4.68. The summed E-state index contributed by atoms with van der Waals surface area (Å²) in [5, 5.41) is 14.2. The number of rotatable bonds is 5. The summed E-state index contributed by atoms with van der Waals surface area (Å²) in [6.45, 7) is 13.1. The smallest absolute Gasteiger partial charge is 1.00 e. The van der Waals surface area contributed by atoms with E-state index < -0.39 is 22.8 Å². The van der Waals surface area contributed by atoms with Gasteiger partial charge in [0.1, 0.15) is 5.65 Å². The van der Waals surface area contributed by atoms with Gasteiger partial charge in [-0.05, 0) is 111 Å². The molecule has 0 unspecified atom stereocenters. The van der Waals surface area contributed by atoms with Gasteiger partial charge in [0.15, 0.2) is 17.1 Å². The van der Waals surface area contributed by atoms with Crippen molar-refractivity contribution in [3.05, 3.63) is 129 Å². The van der Waals surface area contributed by atoms with Crippen molar-refractivity contribution in [1.82, 2.24) is 34.8 Å². The van der Waals surface area contributed by atoms with E-state index in [0.717, 1.165) is 41.9 Å². The first-order chi connectivity index (χ1) is 24.5. The van der Waals surface area contributed by atoms with Crippen molar-refractivity contribution in [2.75, 3.05) is 31.1 Å². The Kier molecular flexibility index (Phi) is 17.9. The monoisotopic (exact) mass is 859 g/mol. The molecule has 1 radical (unpaired) electrons. The van der Waals surface area contributed by atoms with Crippen molar-refractivity contribution in [2.45, 2.75) is 41.2 Å². The molecule has 1 saturated heterocycles. The fraction of sp³-hybridized carbons (Fsp3) is 0.256. The van der Waals surface area contributed by atoms with Gasteiger partial charge in [-0.1, -0.05) is 0 Å². The van der Waals surface area contributed by atoms with Gasteiger partial charge in [-0.3, -0.25) is 24.7 Å². The molecule has 15 heteroatoms. The molecule has 1 fully saturated rings. The number of aromatic nitrogens is 6. The number of nitrogens with zero attached hydrogens (tertiary/aromatic N) is 7. The number of anilines is 1. The standard InChI is InChI=1S/C15H17FN4O3.2C12H12N2.2ClH.Ru/c1-2-19-8-10(15(22)23)12(21)9-7-11(16)14(18-13(9)19)20-5-3-17-4-6-20;2*1-9-3-5-13-11(7-9)12-8-10(2)4-6-14-12;;;/h7-8,17H,2-6H2,1H3,(H,22,23);2*3-8H,1-2H3;2*1H;/q;;;;;+3/p-3. The quantitative estimate of drug-likeness (QED) is 0.212. The van der Waals surface area contributed by atoms with Crippen LogP contribution in [0.5, 0.6) is 0 Å². The van der Waals surface area contributed by atoms with Gasteiger partial charge >= 0.3 is 19.5 Å². The molecule has 6 aromatic heterocycles. The topological polar surface area (TPSA) is 142 Å². The minimum atomic E-state index is -1.58. The molecule has 11 nitrogen and oxygen atoms in total. The maximum absolute atomic E-state index is 14.4. The predicted molar refractivity (Wildman–Crippen MR) is 195 cm³/mol. The van der Waals surface area contributed by atoms with Crippen molar-refractivity contribution >= 4 is 22.8 Å². The largest absolute Gasteiger partial charge is 3.00 e. The zero-order valence-corrected chi connectivity index (χ0v) is 33.7. The first-order valence-electron chi connectivity index (χ1n) is 16.7. The number of carbonyl (C=O) groups is 1. The number of piperazine rings is 1. The number of aryl methyl sites for hydroxylation is 5. The summed E-state index contributed by atoms with van der Waals surface area (Å²) in [4.78, 5) is 46.6. The maximum Gasteiger partial charge on any atom is 3.00 e. The second-order valence-corrected chi connectivity index (χ2v) is 12.2. The van der Waals surface area contributed by atoms with Crippen molar-refractivity contribution in [1.29, 1.82) is 0 Å². The van der Waals surface area contributed by atoms with E-state index >= 15 is 0 Å². The summed E-state index contributed by atoms with van der Waals surface area (Å²) in [6.07, 6.45) is 8.46. The number of pyridine rings is 6. The number of aromatic carboxylic acids is 1. The van der Waals surface area contributed by atoms with Gasteiger partial charge in [-0.15, -0.1) is 0 Å². The average molecular weight is 860 g/mol. The third-order valence-corrected chi connectivity index (χ3v) is 8.15. The van der Waals surface area contributed by atoms with Gasteiger partial charge in [-0.25, -0.2) is 9.37 Å². The van der Waals surface area contributed by atoms with E-state index in [-0.39, 0.29) is 61.1 Å². The van der Waals surface area contributed by atoms with Gasteiger partial charge in [0, 0.05) is 63.7 Å². The first-order valence-corrected chi connectivity index (χ1v) is 16.7. The molecule has 1 aliphatic heterocycles. The molecule has 7 heterocycles. The molecule has 6 aromatic rings. The van der Waals surface area contributed by atoms with E-state index in [2.05, 4.69) is 57.9 Å². The van der Waals surface area contributed by atoms with Crippen LogP contribution in [0.3, 0.4) is 0 Å². The van der Waals surface area contributed by atoms with Gasteiger partial charge < -0.3 is 49.5 Å². The van der Waals surface area contributed by atoms with Crippen LogP contribution in [0.4, 0.5) is 10.2 Å². The van der Waals surface area contributed by atoms with Gasteiger partial charge in [-0.2, -0.15) is 0 Å². The fourth-order valence-corrected chi connectivity index (χ4v) is 5.47. The minimum Gasteiger partial charge on any atom is -1.00 e. The van der Waals surface area contributed by atoms with Crippen LogP contribution in [0.1, 0.15) is 39.5 Å². The molecule has 54 heavy (non-hydrogen) atoms. The summed E-state index contributed by atoms with van der Waals surface area (Å²) in [5.74, 6) is -2.03. The molecule has 0 saturated carbocycles. The molecule has 0 spiro atoms. The van der Waals surface area contributed by atoms with E-state index in [1.807, 2.05) is 78.2 Å². The van der Waals surface area contributed by atoms with Gasteiger partial charge in [0.05, 0.1) is 39.7 Å². The van der Waals surface area contributed by atoms with E-state index in [4.69, 9.17) is 0 Å². The minimum absolute atomic E-state index is 0. The summed E-state index contributed by atoms with van der Waals surface area (Å²) in [6, 6.07) is 17.2. The molecular formula is C39H40Cl2FN8O3Ru. The van der Waals surface area contributed by atoms with Gasteiger partial charge in [0.25, 0.3) is 0 Å². The maximum atomic E-state index is 14.4. The number of nitrogens with one attached hydrogen (secondary N) is 1. The molecule has 0 aliphatic carbocycles. The molecule has 0 atom stereocenters. The molecule has 0 aromatic carbocycles. The Bertz CT molecular complexity index is 2060. The van der Waals surface area contributed by atoms with Crippen LogP contribution >= 0.6 is 0 Å². The Morgan fingerprint density at radius 2 is 1.17 bits per heavy atom. The molecule has 0 bridgehead atoms. The first kappa shape index (κ1) is 45.5. The number of fused-ring (bicyclic) bond motifs is 1. The number of halogens is 3. The molecule has 1 aliphatic rings. The number of carboxylic acids is 1. The van der Waals surface area contributed by atoms with E-state index in [9.17, 15) is 19.1 Å². The number of carboxylic acid groups (broad SMARTS) is 1. The Morgan fingerprint density at radius 3 is 1.52 bits per heavy atom. The van der Waals surface area contributed by atoms with Crippen LogP contribution in [0.25, 0.3) is 33.8 Å². The molecule has 0 amide bonds. The molecule has 283 valence electrons. The summed E-state index contributed by atoms with van der Waals surface area (Å²) >= 11 is 0. The van der Waals surface area contributed by atoms with Crippen LogP contribution < -0.4 is 45.6 Å². The summed E-state index contributed by atoms with van der Waals surface area (Å²) < 4.78 is 15.9. The van der Waals surface area contributed by atoms with Crippen LogP contribution in [0.2, 0.25) is 0 Å². The number of hydrogen-bond acceptors (Lipinski definition) is 10. The fourth-order valence-electron chi connectivity index (χ4n) is 5.47. The molecular weight excluding hydrogens is 819 g/mol. The Morgan fingerprint density at radius 1 is 0.759 bits per heavy atom. The van der Waals surface area contributed by atoms with Crippen molar-refractivity contribution < 1.29 is 58.6 Å². The van der Waals surface area contributed by atoms with E-state index in [1.165, 1.54) is 33.0 Å². The normalized spacial score (nSPS) is 11.7. The average Bonchev–Trinajstić information content (AvgIpc) is 3.12. The van der Waals surface area contributed by atoms with Crippen LogP contribution in [0, 0.1) is 33.5 Å². The SMILES string of the molecule is CCn1cc(C(=O)[O-])c(=O)c2cc(F)c(N3CCNCC3)nc21.Cc1ccnc(-c2cc(C)ccn2)c1.Cc1ccnc(-c2cc(C)ccn2)c1.[Cl-].[Cl-].[Ru+3]. The Labute approximate surface area is 339 Å². The third-order valence-electron chi connectivity index (χ3n) is 8.15. The molecule has 7 rings (SSSR count). The molecule has 1 N–H and O–H groups in total. The van der Waals surface area contributed by atoms with Crippen molar-refractivity contribution in [3.63, 3.8) is 0 Å². The zero-order chi connectivity index (χ0) is 36.5. The van der Waals surface area contributed by atoms with Gasteiger partial charge in [0.2, 0.25) is 0 Å². The number of carbonyl (C=O) groups excluding carboxylic acids is 1. The predicted octanol–water partition coefficient (Wildman–Crippen LogP) is -1.15. The number of hydrogen-bond donors (Lipinski definition) is 1.